The first kappa shape index (κ1) is 7.36. The molecular formula is C9H8N2. The highest BCUT2D eigenvalue weighted by atomic mass is 14.6. The molecule has 0 unspecified atom stereocenters. The van der Waals surface area contributed by atoms with Crippen molar-refractivity contribution in [3.05, 3.63) is 42.0 Å². The summed E-state index contributed by atoms with van der Waals surface area (Å²) in [5.74, 6) is 0. The molecule has 2 heteroatoms. The van der Waals surface area contributed by atoms with Crippen molar-refractivity contribution in [2.75, 3.05) is 0 Å². The maximum Gasteiger partial charge on any atom is 0.0991 e. The molecule has 2 N–H and O–H groups in total. The molecule has 0 aliphatic rings. The normalized spacial score (nSPS) is 8.64. The van der Waals surface area contributed by atoms with E-state index < -0.39 is 0 Å². The van der Waals surface area contributed by atoms with Crippen LogP contribution in [-0.2, 0) is 0 Å². The molecule has 54 valence electrons. The largest absolute Gasteiger partial charge is 0.399 e. The van der Waals surface area contributed by atoms with Gasteiger partial charge in [-0.25, -0.2) is 0 Å². The highest BCUT2D eigenvalue weighted by molar-refractivity contribution is 5.61. The zero-order valence-electron chi connectivity index (χ0n) is 6.04. The van der Waals surface area contributed by atoms with E-state index in [9.17, 15) is 0 Å². The molecule has 0 spiro atoms. The van der Waals surface area contributed by atoms with Gasteiger partial charge in [-0.1, -0.05) is 18.7 Å². The Balaban J connectivity index is 3.13. The first-order valence-electron chi connectivity index (χ1n) is 3.19. The summed E-state index contributed by atoms with van der Waals surface area (Å²) in [5, 5.41) is 8.52. The molecule has 0 fully saturated rings. The third-order valence-corrected chi connectivity index (χ3v) is 1.36. The molecule has 1 aromatic rings. The highest BCUT2D eigenvalue weighted by Gasteiger charge is 1.94. The molecule has 2 nitrogen and oxygen atoms in total. The van der Waals surface area contributed by atoms with Gasteiger partial charge in [0.05, 0.1) is 11.6 Å². The van der Waals surface area contributed by atoms with E-state index in [1.807, 2.05) is 12.1 Å². The highest BCUT2D eigenvalue weighted by Crippen LogP contribution is 2.08. The van der Waals surface area contributed by atoms with Gasteiger partial charge in [-0.05, 0) is 17.7 Å². The van der Waals surface area contributed by atoms with Crippen molar-refractivity contribution >= 4 is 5.70 Å². The van der Waals surface area contributed by atoms with Crippen LogP contribution in [0, 0.1) is 11.3 Å². The van der Waals surface area contributed by atoms with Gasteiger partial charge < -0.3 is 5.73 Å². The second-order valence-corrected chi connectivity index (χ2v) is 2.22. The smallest absolute Gasteiger partial charge is 0.0991 e. The Morgan fingerprint density at radius 2 is 2.27 bits per heavy atom. The van der Waals surface area contributed by atoms with Crippen LogP contribution < -0.4 is 5.73 Å². The molecule has 0 saturated heterocycles. The Morgan fingerprint density at radius 1 is 1.55 bits per heavy atom. The van der Waals surface area contributed by atoms with Gasteiger partial charge in [0.25, 0.3) is 0 Å². The van der Waals surface area contributed by atoms with Gasteiger partial charge in [0.2, 0.25) is 0 Å². The predicted molar refractivity (Wildman–Crippen MR) is 44.4 cm³/mol. The molecule has 0 aliphatic heterocycles. The van der Waals surface area contributed by atoms with Crippen LogP contribution in [0.1, 0.15) is 11.1 Å². The average Bonchev–Trinajstić information content (AvgIpc) is 2.05. The van der Waals surface area contributed by atoms with Crippen molar-refractivity contribution in [1.82, 2.24) is 0 Å². The molecule has 0 aromatic heterocycles. The van der Waals surface area contributed by atoms with E-state index in [1.54, 1.807) is 18.2 Å². The summed E-state index contributed by atoms with van der Waals surface area (Å²) in [6.45, 7) is 3.57. The summed E-state index contributed by atoms with van der Waals surface area (Å²) < 4.78 is 0. The van der Waals surface area contributed by atoms with Crippen molar-refractivity contribution < 1.29 is 0 Å². The number of rotatable bonds is 1. The first-order chi connectivity index (χ1) is 5.24. The maximum absolute atomic E-state index is 8.52. The molecule has 0 aliphatic carbocycles. The lowest BCUT2D eigenvalue weighted by Crippen LogP contribution is -1.93. The van der Waals surface area contributed by atoms with Crippen LogP contribution in [0.25, 0.3) is 5.70 Å². The van der Waals surface area contributed by atoms with Gasteiger partial charge in [0, 0.05) is 5.70 Å². The summed E-state index contributed by atoms with van der Waals surface area (Å²) in [7, 11) is 0. The summed E-state index contributed by atoms with van der Waals surface area (Å²) in [6, 6.07) is 9.07. The lowest BCUT2D eigenvalue weighted by molar-refractivity contribution is 1.46. The minimum atomic E-state index is 0.488. The molecule has 0 atom stereocenters. The molecule has 0 amide bonds. The fraction of sp³-hybridized carbons (Fsp3) is 0. The number of nitrogens with zero attached hydrogens (tertiary/aromatic N) is 1. The predicted octanol–water partition coefficient (Wildman–Crippen LogP) is 1.49. The third kappa shape index (κ3) is 1.59. The zero-order chi connectivity index (χ0) is 8.27. The second-order valence-electron chi connectivity index (χ2n) is 2.22. The Bertz CT molecular complexity index is 321. The quantitative estimate of drug-likeness (QED) is 0.649. The number of nitrogens with two attached hydrogens (primary N) is 1. The molecule has 0 saturated carbocycles. The number of hydrogen-bond acceptors (Lipinski definition) is 2. The lowest BCUT2D eigenvalue weighted by Gasteiger charge is -1.97. The SMILES string of the molecule is C=C(N)c1cccc(C#N)c1. The van der Waals surface area contributed by atoms with Crippen LogP contribution in [0.2, 0.25) is 0 Å². The lowest BCUT2D eigenvalue weighted by atomic mass is 10.1. The zero-order valence-corrected chi connectivity index (χ0v) is 6.04. The van der Waals surface area contributed by atoms with E-state index in [-0.39, 0.29) is 0 Å². The van der Waals surface area contributed by atoms with E-state index in [0.29, 0.717) is 11.3 Å². The molecule has 11 heavy (non-hydrogen) atoms. The minimum absolute atomic E-state index is 0.488. The Labute approximate surface area is 65.6 Å². The van der Waals surface area contributed by atoms with Crippen LogP contribution in [0.15, 0.2) is 30.8 Å². The number of nitriles is 1. The van der Waals surface area contributed by atoms with E-state index in [2.05, 4.69) is 6.58 Å². The fourth-order valence-corrected chi connectivity index (χ4v) is 0.788. The van der Waals surface area contributed by atoms with E-state index in [1.165, 1.54) is 0 Å². The first-order valence-corrected chi connectivity index (χ1v) is 3.19. The summed E-state index contributed by atoms with van der Waals surface area (Å²) in [6.07, 6.45) is 0. The van der Waals surface area contributed by atoms with Crippen LogP contribution in [0.3, 0.4) is 0 Å². The molecule has 0 radical (unpaired) electrons. The Hall–Kier alpha value is -1.75. The average molecular weight is 144 g/mol. The van der Waals surface area contributed by atoms with Gasteiger partial charge in [-0.3, -0.25) is 0 Å². The fourth-order valence-electron chi connectivity index (χ4n) is 0.788. The standard InChI is InChI=1S/C9H8N2/c1-7(11)9-4-2-3-8(5-9)6-10/h2-5H,1,11H2. The van der Waals surface area contributed by atoms with Gasteiger partial charge in [-0.15, -0.1) is 0 Å². The number of benzene rings is 1. The molecule has 1 rings (SSSR count). The minimum Gasteiger partial charge on any atom is -0.399 e. The van der Waals surface area contributed by atoms with E-state index in [4.69, 9.17) is 11.0 Å². The van der Waals surface area contributed by atoms with Crippen LogP contribution in [0.4, 0.5) is 0 Å². The van der Waals surface area contributed by atoms with Crippen molar-refractivity contribution in [1.29, 1.82) is 5.26 Å². The Kier molecular flexibility index (Phi) is 1.93. The summed E-state index contributed by atoms with van der Waals surface area (Å²) >= 11 is 0. The number of hydrogen-bond donors (Lipinski definition) is 1. The molecule has 0 heterocycles. The van der Waals surface area contributed by atoms with Crippen LogP contribution >= 0.6 is 0 Å². The monoisotopic (exact) mass is 144 g/mol. The van der Waals surface area contributed by atoms with Crippen LogP contribution in [-0.4, -0.2) is 0 Å². The third-order valence-electron chi connectivity index (χ3n) is 1.36. The van der Waals surface area contributed by atoms with Gasteiger partial charge in [0.15, 0.2) is 0 Å². The van der Waals surface area contributed by atoms with Crippen molar-refractivity contribution in [2.24, 2.45) is 5.73 Å². The van der Waals surface area contributed by atoms with E-state index >= 15 is 0 Å². The second kappa shape index (κ2) is 2.89. The Morgan fingerprint density at radius 3 is 2.82 bits per heavy atom. The topological polar surface area (TPSA) is 49.8 Å². The molecule has 0 bridgehead atoms. The molecular weight excluding hydrogens is 136 g/mol. The van der Waals surface area contributed by atoms with E-state index in [0.717, 1.165) is 5.56 Å². The van der Waals surface area contributed by atoms with Crippen LogP contribution in [0.5, 0.6) is 0 Å². The molecule has 1 aromatic carbocycles. The summed E-state index contributed by atoms with van der Waals surface area (Å²) in [4.78, 5) is 0. The van der Waals surface area contributed by atoms with Gasteiger partial charge in [-0.2, -0.15) is 5.26 Å². The summed E-state index contributed by atoms with van der Waals surface area (Å²) in [5.41, 5.74) is 7.34. The van der Waals surface area contributed by atoms with Crippen molar-refractivity contribution in [2.45, 2.75) is 0 Å². The van der Waals surface area contributed by atoms with Gasteiger partial charge in [0.1, 0.15) is 0 Å². The van der Waals surface area contributed by atoms with Crippen molar-refractivity contribution in [3.8, 4) is 6.07 Å². The maximum atomic E-state index is 8.52. The van der Waals surface area contributed by atoms with Crippen molar-refractivity contribution in [3.63, 3.8) is 0 Å². The van der Waals surface area contributed by atoms with Gasteiger partial charge >= 0.3 is 0 Å².